The molecule has 4 aromatic carbocycles. The van der Waals surface area contributed by atoms with Gasteiger partial charge in [0, 0.05) is 21.5 Å². The summed E-state index contributed by atoms with van der Waals surface area (Å²) >= 11 is 0. The molecule has 0 spiro atoms. The van der Waals surface area contributed by atoms with Crippen LogP contribution in [-0.4, -0.2) is 4.57 Å². The summed E-state index contributed by atoms with van der Waals surface area (Å²) in [5, 5.41) is 4.82. The van der Waals surface area contributed by atoms with Crippen LogP contribution in [0.25, 0.3) is 60.6 Å². The van der Waals surface area contributed by atoms with Crippen molar-refractivity contribution in [2.24, 2.45) is 0 Å². The van der Waals surface area contributed by atoms with Crippen molar-refractivity contribution in [3.05, 3.63) is 127 Å². The highest BCUT2D eigenvalue weighted by molar-refractivity contribution is 6.13. The van der Waals surface area contributed by atoms with E-state index in [1.165, 1.54) is 44.1 Å². The fourth-order valence-electron chi connectivity index (χ4n) is 6.17. The van der Waals surface area contributed by atoms with E-state index in [1.54, 1.807) is 0 Å². The maximum absolute atomic E-state index is 6.49. The summed E-state index contributed by atoms with van der Waals surface area (Å²) < 4.78 is 8.88. The topological polar surface area (TPSA) is 18.1 Å². The molecule has 0 radical (unpaired) electrons. The molecule has 0 amide bonds. The van der Waals surface area contributed by atoms with Gasteiger partial charge < -0.3 is 8.98 Å². The number of rotatable bonds is 6. The van der Waals surface area contributed by atoms with Gasteiger partial charge in [-0.15, -0.1) is 0 Å². The fraction of sp³-hybridized carbons (Fsp3) is 0.135. The second-order valence-electron chi connectivity index (χ2n) is 10.4. The van der Waals surface area contributed by atoms with E-state index in [0.717, 1.165) is 53.3 Å². The molecule has 2 nitrogen and oxygen atoms in total. The van der Waals surface area contributed by atoms with E-state index in [1.807, 2.05) is 12.1 Å². The standard InChI is InChI=1S/C37H31NO/c1-3-11-25(12-4-2)27-19-21-33-31(23-27)32-24-28(26-13-6-5-7-14-26)20-22-34(32)38(33)35-17-10-16-30-29-15-8-9-18-36(29)39-37(30)35/h3,5-6,8-11,13,15-24H,1,4,7,12,14H2,2H3/b25-11+. The van der Waals surface area contributed by atoms with Crippen LogP contribution in [0.3, 0.4) is 0 Å². The smallest absolute Gasteiger partial charge is 0.159 e. The van der Waals surface area contributed by atoms with E-state index >= 15 is 0 Å². The van der Waals surface area contributed by atoms with Gasteiger partial charge in [-0.1, -0.05) is 92.8 Å². The van der Waals surface area contributed by atoms with Crippen molar-refractivity contribution in [1.29, 1.82) is 0 Å². The Morgan fingerprint density at radius 2 is 1.72 bits per heavy atom. The lowest BCUT2D eigenvalue weighted by atomic mass is 9.95. The molecule has 0 atom stereocenters. The van der Waals surface area contributed by atoms with Crippen LogP contribution < -0.4 is 0 Å². The number of para-hydroxylation sites is 2. The van der Waals surface area contributed by atoms with Crippen molar-refractivity contribution in [1.82, 2.24) is 4.57 Å². The van der Waals surface area contributed by atoms with Crippen molar-refractivity contribution < 1.29 is 4.42 Å². The summed E-state index contributed by atoms with van der Waals surface area (Å²) in [4.78, 5) is 0. The Morgan fingerprint density at radius 3 is 2.54 bits per heavy atom. The Kier molecular flexibility index (Phi) is 5.82. The summed E-state index contributed by atoms with van der Waals surface area (Å²) in [6.45, 7) is 6.20. The first-order valence-electron chi connectivity index (χ1n) is 13.9. The number of nitrogens with zero attached hydrogens (tertiary/aromatic N) is 1. The number of allylic oxidation sites excluding steroid dienone is 7. The maximum Gasteiger partial charge on any atom is 0.159 e. The summed E-state index contributed by atoms with van der Waals surface area (Å²) in [7, 11) is 0. The second-order valence-corrected chi connectivity index (χ2v) is 10.4. The Bertz CT molecular complexity index is 1990. The van der Waals surface area contributed by atoms with Crippen LogP contribution in [0.1, 0.15) is 43.7 Å². The summed E-state index contributed by atoms with van der Waals surface area (Å²) in [5.41, 5.74) is 10.6. The fourth-order valence-corrected chi connectivity index (χ4v) is 6.17. The van der Waals surface area contributed by atoms with Crippen LogP contribution in [0.15, 0.2) is 120 Å². The molecule has 2 heterocycles. The number of fused-ring (bicyclic) bond motifs is 6. The first-order chi connectivity index (χ1) is 19.3. The molecule has 0 unspecified atom stereocenters. The van der Waals surface area contributed by atoms with Gasteiger partial charge in [-0.05, 0) is 77.9 Å². The highest BCUT2D eigenvalue weighted by Crippen LogP contribution is 2.40. The average Bonchev–Trinajstić information content (AvgIpc) is 3.53. The highest BCUT2D eigenvalue weighted by atomic mass is 16.3. The van der Waals surface area contributed by atoms with Crippen LogP contribution >= 0.6 is 0 Å². The van der Waals surface area contributed by atoms with Crippen LogP contribution in [0.4, 0.5) is 0 Å². The van der Waals surface area contributed by atoms with E-state index in [4.69, 9.17) is 4.42 Å². The molecule has 0 saturated carbocycles. The number of aromatic nitrogens is 1. The molecule has 2 heteroatoms. The molecular formula is C37H31NO. The number of benzene rings is 4. The molecule has 0 bridgehead atoms. The van der Waals surface area contributed by atoms with E-state index < -0.39 is 0 Å². The third kappa shape index (κ3) is 3.87. The number of hydrogen-bond donors (Lipinski definition) is 0. The van der Waals surface area contributed by atoms with Crippen LogP contribution in [-0.2, 0) is 0 Å². The molecule has 0 saturated heterocycles. The third-order valence-corrected chi connectivity index (χ3v) is 7.98. The average molecular weight is 506 g/mol. The van der Waals surface area contributed by atoms with Gasteiger partial charge >= 0.3 is 0 Å². The molecule has 0 aliphatic heterocycles. The number of hydrogen-bond acceptors (Lipinski definition) is 1. The Morgan fingerprint density at radius 1 is 0.897 bits per heavy atom. The minimum Gasteiger partial charge on any atom is -0.454 e. The summed E-state index contributed by atoms with van der Waals surface area (Å²) in [5.74, 6) is 0. The molecule has 0 fully saturated rings. The second kappa shape index (κ2) is 9.63. The van der Waals surface area contributed by atoms with Gasteiger partial charge in [0.2, 0.25) is 0 Å². The van der Waals surface area contributed by atoms with Gasteiger partial charge in [0.15, 0.2) is 5.58 Å². The Hall–Kier alpha value is -4.56. The molecule has 1 aliphatic rings. The Balaban J connectivity index is 1.55. The molecule has 7 rings (SSSR count). The van der Waals surface area contributed by atoms with Crippen molar-refractivity contribution in [3.8, 4) is 5.69 Å². The molecule has 39 heavy (non-hydrogen) atoms. The van der Waals surface area contributed by atoms with Gasteiger partial charge in [0.1, 0.15) is 5.58 Å². The normalized spacial score (nSPS) is 14.1. The molecule has 2 aromatic heterocycles. The molecule has 190 valence electrons. The molecule has 6 aromatic rings. The van der Waals surface area contributed by atoms with Crippen molar-refractivity contribution in [2.45, 2.75) is 32.6 Å². The van der Waals surface area contributed by atoms with Crippen LogP contribution in [0, 0.1) is 0 Å². The number of furan rings is 1. The Labute approximate surface area is 228 Å². The first kappa shape index (κ1) is 23.5. The van der Waals surface area contributed by atoms with E-state index in [0.29, 0.717) is 0 Å². The minimum atomic E-state index is 0.918. The molecule has 0 N–H and O–H groups in total. The predicted molar refractivity (Wildman–Crippen MR) is 167 cm³/mol. The van der Waals surface area contributed by atoms with E-state index in [2.05, 4.69) is 115 Å². The lowest BCUT2D eigenvalue weighted by molar-refractivity contribution is 0.666. The van der Waals surface area contributed by atoms with Gasteiger partial charge in [0.25, 0.3) is 0 Å². The zero-order valence-corrected chi connectivity index (χ0v) is 22.3. The van der Waals surface area contributed by atoms with Crippen molar-refractivity contribution >= 4 is 54.9 Å². The van der Waals surface area contributed by atoms with Crippen molar-refractivity contribution in [3.63, 3.8) is 0 Å². The zero-order chi connectivity index (χ0) is 26.3. The minimum absolute atomic E-state index is 0.918. The van der Waals surface area contributed by atoms with E-state index in [9.17, 15) is 0 Å². The SMILES string of the molecule is C=C/C=C(\CCC)c1ccc2c(c1)c1cc(C3=CC=CCC3)ccc1n2-c1cccc2c1oc1ccccc12. The van der Waals surface area contributed by atoms with Gasteiger partial charge in [-0.3, -0.25) is 0 Å². The first-order valence-corrected chi connectivity index (χ1v) is 13.9. The van der Waals surface area contributed by atoms with Gasteiger partial charge in [-0.25, -0.2) is 0 Å². The quantitative estimate of drug-likeness (QED) is 0.206. The lowest BCUT2D eigenvalue weighted by Crippen LogP contribution is -1.95. The molecular weight excluding hydrogens is 474 g/mol. The van der Waals surface area contributed by atoms with Gasteiger partial charge in [0.05, 0.1) is 16.7 Å². The lowest BCUT2D eigenvalue weighted by Gasteiger charge is -2.11. The molecule has 1 aliphatic carbocycles. The highest BCUT2D eigenvalue weighted by Gasteiger charge is 2.19. The van der Waals surface area contributed by atoms with Crippen LogP contribution in [0.5, 0.6) is 0 Å². The monoisotopic (exact) mass is 505 g/mol. The summed E-state index contributed by atoms with van der Waals surface area (Å²) in [6, 6.07) is 28.7. The predicted octanol–water partition coefficient (Wildman–Crippen LogP) is 10.8. The van der Waals surface area contributed by atoms with E-state index in [-0.39, 0.29) is 0 Å². The third-order valence-electron chi connectivity index (χ3n) is 7.98. The maximum atomic E-state index is 6.49. The van der Waals surface area contributed by atoms with Gasteiger partial charge in [-0.2, -0.15) is 0 Å². The van der Waals surface area contributed by atoms with Crippen LogP contribution in [0.2, 0.25) is 0 Å². The van der Waals surface area contributed by atoms with Crippen molar-refractivity contribution in [2.75, 3.05) is 0 Å². The summed E-state index contributed by atoms with van der Waals surface area (Å²) in [6.07, 6.45) is 15.0. The largest absolute Gasteiger partial charge is 0.454 e. The zero-order valence-electron chi connectivity index (χ0n) is 22.3.